The van der Waals surface area contributed by atoms with Gasteiger partial charge in [0.1, 0.15) is 0 Å². The highest BCUT2D eigenvalue weighted by atomic mass is 32.1. The van der Waals surface area contributed by atoms with Gasteiger partial charge in [-0.25, -0.2) is 0 Å². The maximum Gasteiger partial charge on any atom is 0.193 e. The van der Waals surface area contributed by atoms with Crippen molar-refractivity contribution in [3.05, 3.63) is 65.7 Å². The summed E-state index contributed by atoms with van der Waals surface area (Å²) in [6.45, 7) is 2.78. The Morgan fingerprint density at radius 3 is 1.95 bits per heavy atom. The van der Waals surface area contributed by atoms with Crippen LogP contribution >= 0.6 is 12.6 Å². The molecule has 0 aliphatic rings. The van der Waals surface area contributed by atoms with E-state index in [0.717, 1.165) is 11.5 Å². The Balaban J connectivity index is 0.000000399. The lowest BCUT2D eigenvalue weighted by molar-refractivity contribution is 0.103. The first-order valence-corrected chi connectivity index (χ1v) is 6.51. The lowest BCUT2D eigenvalue weighted by Gasteiger charge is -2.00. The van der Waals surface area contributed by atoms with Crippen molar-refractivity contribution in [1.29, 1.82) is 0 Å². The van der Waals surface area contributed by atoms with Crippen LogP contribution in [-0.2, 0) is 4.74 Å². The predicted molar refractivity (Wildman–Crippen MR) is 81.1 cm³/mol. The largest absolute Gasteiger partial charge is 0.385 e. The Morgan fingerprint density at radius 1 is 1.00 bits per heavy atom. The summed E-state index contributed by atoms with van der Waals surface area (Å²) < 4.78 is 4.54. The number of carbonyl (C=O) groups is 1. The van der Waals surface area contributed by atoms with Crippen molar-refractivity contribution in [1.82, 2.24) is 0 Å². The average molecular weight is 274 g/mol. The molecule has 0 unspecified atom stereocenters. The van der Waals surface area contributed by atoms with Crippen LogP contribution < -0.4 is 0 Å². The summed E-state index contributed by atoms with van der Waals surface area (Å²) >= 11 is 4.18. The fourth-order valence-corrected chi connectivity index (χ4v) is 1.52. The number of hydrogen-bond donors (Lipinski definition) is 1. The molecule has 19 heavy (non-hydrogen) atoms. The van der Waals surface area contributed by atoms with Crippen LogP contribution in [-0.4, -0.2) is 19.5 Å². The Kier molecular flexibility index (Phi) is 6.93. The van der Waals surface area contributed by atoms with Gasteiger partial charge in [0.25, 0.3) is 0 Å². The van der Waals surface area contributed by atoms with Crippen LogP contribution in [0, 0.1) is 0 Å². The standard InChI is InChI=1S/C13H10OS.C3H8O/c14-13(10-4-2-1-3-5-10)11-6-8-12(15)9-7-11;1-3-4-2/h1-9,15H;3H2,1-2H3. The third kappa shape index (κ3) is 5.28. The van der Waals surface area contributed by atoms with E-state index in [1.54, 1.807) is 19.2 Å². The van der Waals surface area contributed by atoms with Crippen LogP contribution in [0.1, 0.15) is 22.8 Å². The van der Waals surface area contributed by atoms with Gasteiger partial charge in [-0.3, -0.25) is 4.79 Å². The van der Waals surface area contributed by atoms with E-state index >= 15 is 0 Å². The number of ether oxygens (including phenoxy) is 1. The van der Waals surface area contributed by atoms with Crippen molar-refractivity contribution < 1.29 is 9.53 Å². The zero-order valence-corrected chi connectivity index (χ0v) is 12.1. The first kappa shape index (κ1) is 15.5. The molecule has 0 saturated carbocycles. The summed E-state index contributed by atoms with van der Waals surface area (Å²) in [6, 6.07) is 16.5. The van der Waals surface area contributed by atoms with Crippen LogP contribution in [0.5, 0.6) is 0 Å². The van der Waals surface area contributed by atoms with E-state index in [0.29, 0.717) is 11.1 Å². The summed E-state index contributed by atoms with van der Waals surface area (Å²) in [4.78, 5) is 12.8. The van der Waals surface area contributed by atoms with E-state index in [9.17, 15) is 4.79 Å². The minimum Gasteiger partial charge on any atom is -0.385 e. The van der Waals surface area contributed by atoms with E-state index in [-0.39, 0.29) is 5.78 Å². The number of methoxy groups -OCH3 is 1. The monoisotopic (exact) mass is 274 g/mol. The van der Waals surface area contributed by atoms with Gasteiger partial charge < -0.3 is 4.74 Å². The summed E-state index contributed by atoms with van der Waals surface area (Å²) in [5, 5.41) is 0. The highest BCUT2D eigenvalue weighted by molar-refractivity contribution is 7.80. The van der Waals surface area contributed by atoms with Crippen molar-refractivity contribution in [2.45, 2.75) is 11.8 Å². The molecular weight excluding hydrogens is 256 g/mol. The molecule has 2 aromatic rings. The number of hydrogen-bond acceptors (Lipinski definition) is 3. The predicted octanol–water partition coefficient (Wildman–Crippen LogP) is 3.86. The molecule has 0 aliphatic heterocycles. The van der Waals surface area contributed by atoms with Gasteiger partial charge in [-0.2, -0.15) is 0 Å². The van der Waals surface area contributed by atoms with Crippen LogP contribution in [0.4, 0.5) is 0 Å². The number of ketones is 1. The molecule has 0 heterocycles. The molecule has 2 rings (SSSR count). The first-order chi connectivity index (χ1) is 9.19. The number of thiol groups is 1. The highest BCUT2D eigenvalue weighted by Gasteiger charge is 2.06. The molecule has 0 saturated heterocycles. The maximum atomic E-state index is 11.9. The van der Waals surface area contributed by atoms with Gasteiger partial charge in [0, 0.05) is 29.7 Å². The molecule has 0 aromatic heterocycles. The van der Waals surface area contributed by atoms with Crippen molar-refractivity contribution in [3.63, 3.8) is 0 Å². The van der Waals surface area contributed by atoms with Crippen molar-refractivity contribution in [3.8, 4) is 0 Å². The van der Waals surface area contributed by atoms with Crippen LogP contribution in [0.25, 0.3) is 0 Å². The van der Waals surface area contributed by atoms with Gasteiger partial charge in [0.05, 0.1) is 0 Å². The van der Waals surface area contributed by atoms with Crippen molar-refractivity contribution >= 4 is 18.4 Å². The molecule has 0 atom stereocenters. The second-order valence-electron chi connectivity index (χ2n) is 3.82. The van der Waals surface area contributed by atoms with Crippen LogP contribution in [0.3, 0.4) is 0 Å². The third-order valence-corrected chi connectivity index (χ3v) is 2.75. The van der Waals surface area contributed by atoms with Crippen LogP contribution in [0.15, 0.2) is 59.5 Å². The lowest BCUT2D eigenvalue weighted by Crippen LogP contribution is -2.00. The Morgan fingerprint density at radius 2 is 1.47 bits per heavy atom. The second-order valence-corrected chi connectivity index (χ2v) is 4.34. The zero-order valence-electron chi connectivity index (χ0n) is 11.2. The topological polar surface area (TPSA) is 26.3 Å². The Hall–Kier alpha value is -1.58. The van der Waals surface area contributed by atoms with E-state index < -0.39 is 0 Å². The number of benzene rings is 2. The quantitative estimate of drug-likeness (QED) is 0.679. The molecule has 0 amide bonds. The Labute approximate surface area is 119 Å². The maximum absolute atomic E-state index is 11.9. The van der Waals surface area contributed by atoms with Gasteiger partial charge in [0.15, 0.2) is 5.78 Å². The average Bonchev–Trinajstić information content (AvgIpc) is 2.48. The second kappa shape index (κ2) is 8.51. The first-order valence-electron chi connectivity index (χ1n) is 6.06. The smallest absolute Gasteiger partial charge is 0.193 e. The van der Waals surface area contributed by atoms with Gasteiger partial charge in [-0.1, -0.05) is 30.3 Å². The summed E-state index contributed by atoms with van der Waals surface area (Å²) in [5.41, 5.74) is 1.41. The molecule has 0 N–H and O–H groups in total. The fraction of sp³-hybridized carbons (Fsp3) is 0.188. The van der Waals surface area contributed by atoms with E-state index in [4.69, 9.17) is 0 Å². The molecule has 100 valence electrons. The van der Waals surface area contributed by atoms with Gasteiger partial charge in [0.2, 0.25) is 0 Å². The molecular formula is C16H18O2S. The lowest BCUT2D eigenvalue weighted by atomic mass is 10.0. The molecule has 2 nitrogen and oxygen atoms in total. The Bertz CT molecular complexity index is 490. The van der Waals surface area contributed by atoms with Crippen molar-refractivity contribution in [2.75, 3.05) is 13.7 Å². The van der Waals surface area contributed by atoms with Crippen molar-refractivity contribution in [2.24, 2.45) is 0 Å². The number of carbonyl (C=O) groups excluding carboxylic acids is 1. The summed E-state index contributed by atoms with van der Waals surface area (Å²) in [5.74, 6) is 0.0453. The molecule has 2 aromatic carbocycles. The van der Waals surface area contributed by atoms with E-state index in [1.165, 1.54) is 0 Å². The van der Waals surface area contributed by atoms with E-state index in [1.807, 2.05) is 49.4 Å². The molecule has 0 spiro atoms. The third-order valence-electron chi connectivity index (χ3n) is 2.45. The fourth-order valence-electron chi connectivity index (χ4n) is 1.37. The van der Waals surface area contributed by atoms with Gasteiger partial charge in [-0.15, -0.1) is 12.6 Å². The van der Waals surface area contributed by atoms with Gasteiger partial charge in [-0.05, 0) is 31.2 Å². The number of rotatable bonds is 3. The SMILES string of the molecule is CCOC.O=C(c1ccccc1)c1ccc(S)cc1. The summed E-state index contributed by atoms with van der Waals surface area (Å²) in [6.07, 6.45) is 0. The molecule has 0 radical (unpaired) electrons. The van der Waals surface area contributed by atoms with Gasteiger partial charge >= 0.3 is 0 Å². The zero-order chi connectivity index (χ0) is 14.1. The molecule has 0 aliphatic carbocycles. The van der Waals surface area contributed by atoms with Crippen LogP contribution in [0.2, 0.25) is 0 Å². The molecule has 3 heteroatoms. The highest BCUT2D eigenvalue weighted by Crippen LogP contribution is 2.12. The normalized spacial score (nSPS) is 9.42. The minimum absolute atomic E-state index is 0.0453. The minimum atomic E-state index is 0.0453. The summed E-state index contributed by atoms with van der Waals surface area (Å²) in [7, 11) is 1.68. The molecule has 0 fully saturated rings. The molecule has 0 bridgehead atoms. The van der Waals surface area contributed by atoms with E-state index in [2.05, 4.69) is 17.4 Å².